The Labute approximate surface area is 409 Å². The fourth-order valence-corrected chi connectivity index (χ4v) is 6.56. The molecule has 0 rings (SSSR count). The van der Waals surface area contributed by atoms with Crippen molar-refractivity contribution in [2.45, 2.75) is 193 Å². The average molecular weight is 935 g/mol. The first-order valence-corrected chi connectivity index (χ1v) is 26.1. The Bertz CT molecular complexity index is 1460. The highest BCUT2D eigenvalue weighted by Crippen LogP contribution is 2.14. The summed E-state index contributed by atoms with van der Waals surface area (Å²) in [5.41, 5.74) is 0. The minimum absolute atomic E-state index is 0.176. The Balaban J connectivity index is 4.38. The monoisotopic (exact) mass is 935 g/mol. The zero-order valence-electron chi connectivity index (χ0n) is 43.0. The van der Waals surface area contributed by atoms with E-state index in [9.17, 15) is 19.5 Å². The molecule has 0 aromatic carbocycles. The maximum atomic E-state index is 12.8. The lowest BCUT2D eigenvalue weighted by Crippen LogP contribution is -2.40. The van der Waals surface area contributed by atoms with Gasteiger partial charge in [0.2, 0.25) is 0 Å². The Morgan fingerprint density at radius 1 is 0.448 bits per heavy atom. The number of rotatable bonds is 46. The van der Waals surface area contributed by atoms with E-state index in [-0.39, 0.29) is 38.6 Å². The number of hydrogen-bond acceptors (Lipinski definition) is 7. The first kappa shape index (κ1) is 63.0. The van der Waals surface area contributed by atoms with Crippen molar-refractivity contribution in [3.8, 4) is 0 Å². The molecule has 67 heavy (non-hydrogen) atoms. The third kappa shape index (κ3) is 49.7. The summed E-state index contributed by atoms with van der Waals surface area (Å²) in [5.74, 6) is -2.06. The van der Waals surface area contributed by atoms with E-state index in [0.717, 1.165) is 109 Å². The number of hydrogen-bond donors (Lipinski definition) is 1. The number of ether oxygens (including phenoxy) is 4. The molecule has 0 radical (unpaired) electrons. The zero-order chi connectivity index (χ0) is 49.2. The van der Waals surface area contributed by atoms with Gasteiger partial charge in [0, 0.05) is 12.8 Å². The topological polar surface area (TPSA) is 108 Å². The van der Waals surface area contributed by atoms with Crippen LogP contribution in [0.15, 0.2) is 109 Å². The number of unbranched alkanes of at least 4 members (excludes halogenated alkanes) is 13. The van der Waals surface area contributed by atoms with Gasteiger partial charge < -0.3 is 28.5 Å². The van der Waals surface area contributed by atoms with Gasteiger partial charge in [0.15, 0.2) is 6.10 Å². The number of nitrogens with zero attached hydrogens (tertiary/aromatic N) is 1. The highest BCUT2D eigenvalue weighted by atomic mass is 16.7. The van der Waals surface area contributed by atoms with Gasteiger partial charge >= 0.3 is 17.9 Å². The lowest BCUT2D eigenvalue weighted by molar-refractivity contribution is -0.870. The minimum atomic E-state index is -1.52. The van der Waals surface area contributed by atoms with Crippen LogP contribution >= 0.6 is 0 Å². The van der Waals surface area contributed by atoms with Gasteiger partial charge in [-0.05, 0) is 96.3 Å². The fourth-order valence-electron chi connectivity index (χ4n) is 6.56. The average Bonchev–Trinajstić information content (AvgIpc) is 3.29. The number of carbonyl (C=O) groups is 3. The molecule has 0 aliphatic carbocycles. The number of carbonyl (C=O) groups excluding carboxylic acids is 2. The van der Waals surface area contributed by atoms with Crippen molar-refractivity contribution in [3.63, 3.8) is 0 Å². The van der Waals surface area contributed by atoms with Crippen LogP contribution in [0.25, 0.3) is 0 Å². The van der Waals surface area contributed by atoms with Crippen LogP contribution in [-0.4, -0.2) is 87.4 Å². The minimum Gasteiger partial charge on any atom is -0.477 e. The van der Waals surface area contributed by atoms with Gasteiger partial charge in [-0.15, -0.1) is 0 Å². The van der Waals surface area contributed by atoms with E-state index in [1.54, 1.807) is 0 Å². The molecule has 9 heteroatoms. The molecule has 2 unspecified atom stereocenters. The van der Waals surface area contributed by atoms with Crippen molar-refractivity contribution in [1.82, 2.24) is 0 Å². The Kier molecular flexibility index (Phi) is 45.5. The quantitative estimate of drug-likeness (QED) is 0.0211. The molecule has 0 fully saturated rings. The van der Waals surface area contributed by atoms with Crippen LogP contribution in [0.1, 0.15) is 181 Å². The van der Waals surface area contributed by atoms with Gasteiger partial charge in [-0.2, -0.15) is 0 Å². The number of carboxylic acids is 1. The van der Waals surface area contributed by atoms with Gasteiger partial charge in [0.1, 0.15) is 13.2 Å². The van der Waals surface area contributed by atoms with Crippen molar-refractivity contribution in [2.24, 2.45) is 0 Å². The van der Waals surface area contributed by atoms with Crippen LogP contribution in [0, 0.1) is 0 Å². The van der Waals surface area contributed by atoms with Crippen molar-refractivity contribution in [1.29, 1.82) is 0 Å². The number of allylic oxidation sites excluding steroid dienone is 18. The molecular weight excluding hydrogens is 839 g/mol. The summed E-state index contributed by atoms with van der Waals surface area (Å²) in [4.78, 5) is 37.3. The third-order valence-electron chi connectivity index (χ3n) is 10.5. The van der Waals surface area contributed by atoms with Gasteiger partial charge in [0.05, 0.1) is 34.4 Å². The van der Waals surface area contributed by atoms with E-state index in [4.69, 9.17) is 18.9 Å². The van der Waals surface area contributed by atoms with Crippen LogP contribution in [-0.2, 0) is 33.3 Å². The number of esters is 2. The normalized spacial score (nSPS) is 13.7. The molecule has 0 aromatic heterocycles. The van der Waals surface area contributed by atoms with E-state index in [1.165, 1.54) is 32.1 Å². The second kappa shape index (κ2) is 48.4. The molecule has 380 valence electrons. The molecule has 0 spiro atoms. The maximum Gasteiger partial charge on any atom is 0.361 e. The number of likely N-dealkylation sites (N-methyl/N-ethyl adjacent to an activating group) is 1. The first-order chi connectivity index (χ1) is 32.6. The SMILES string of the molecule is CC/C=C\C/C=C\C/C=C\C/C=C\C/C=C\CCCCCCCCCCCC(=O)OC(COC(=O)CCCCCC/C=C\C/C=C\C/C=C\C/C=C\CC)COC(OCC[N+](C)(C)C)C(=O)O. The third-order valence-corrected chi connectivity index (χ3v) is 10.5. The fraction of sp³-hybridized carbons (Fsp3) is 0.638. The Morgan fingerprint density at radius 3 is 1.19 bits per heavy atom. The summed E-state index contributed by atoms with van der Waals surface area (Å²) in [6.45, 7) is 4.59. The lowest BCUT2D eigenvalue weighted by Gasteiger charge is -2.25. The molecule has 2 atom stereocenters. The summed E-state index contributed by atoms with van der Waals surface area (Å²) in [6, 6.07) is 0. The molecule has 0 amide bonds. The van der Waals surface area contributed by atoms with Crippen LogP contribution < -0.4 is 0 Å². The molecule has 0 saturated carbocycles. The van der Waals surface area contributed by atoms with E-state index < -0.39 is 24.3 Å². The standard InChI is InChI=1S/C58H95NO8/c1-6-8-10-12-14-16-18-20-22-24-25-26-27-28-29-30-31-33-35-37-39-41-43-45-47-49-56(61)67-54(53-66-58(57(62)63)64-51-50-59(3,4)5)52-65-55(60)48-46-44-42-40-38-36-34-32-23-21-19-17-15-13-11-9-7-2/h8-11,14-17,20-23,25-26,28-29,34,36,54,58H,6-7,12-13,18-19,24,27,30-33,35,37-53H2,1-5H3/p+1/b10-8-,11-9-,16-14-,17-15-,22-20-,23-21-,26-25-,29-28-,36-34-. The van der Waals surface area contributed by atoms with Gasteiger partial charge in [-0.25, -0.2) is 4.79 Å². The molecule has 0 bridgehead atoms. The van der Waals surface area contributed by atoms with E-state index >= 15 is 0 Å². The predicted molar refractivity (Wildman–Crippen MR) is 281 cm³/mol. The second-order valence-electron chi connectivity index (χ2n) is 18.1. The molecule has 1 N–H and O–H groups in total. The highest BCUT2D eigenvalue weighted by molar-refractivity contribution is 5.71. The second-order valence-corrected chi connectivity index (χ2v) is 18.1. The van der Waals surface area contributed by atoms with Crippen LogP contribution in [0.4, 0.5) is 0 Å². The van der Waals surface area contributed by atoms with Crippen molar-refractivity contribution in [2.75, 3.05) is 47.5 Å². The Hall–Kier alpha value is -4.05. The van der Waals surface area contributed by atoms with Crippen LogP contribution in [0.3, 0.4) is 0 Å². The summed E-state index contributed by atoms with van der Waals surface area (Å²) >= 11 is 0. The lowest BCUT2D eigenvalue weighted by atomic mass is 10.1. The highest BCUT2D eigenvalue weighted by Gasteiger charge is 2.25. The molecule has 9 nitrogen and oxygen atoms in total. The van der Waals surface area contributed by atoms with E-state index in [2.05, 4.69) is 123 Å². The zero-order valence-corrected chi connectivity index (χ0v) is 43.0. The summed E-state index contributed by atoms with van der Waals surface area (Å²) in [6.07, 6.45) is 62.9. The number of carboxylic acid groups (broad SMARTS) is 1. The first-order valence-electron chi connectivity index (χ1n) is 26.1. The summed E-state index contributed by atoms with van der Waals surface area (Å²) in [5, 5.41) is 9.68. The molecule has 0 aromatic rings. The van der Waals surface area contributed by atoms with E-state index in [0.29, 0.717) is 23.9 Å². The number of aliphatic carboxylic acids is 1. The largest absolute Gasteiger partial charge is 0.477 e. The molecular formula is C58H96NO8+. The number of quaternary nitrogens is 1. The molecule has 0 aliphatic heterocycles. The van der Waals surface area contributed by atoms with Gasteiger partial charge in [-0.1, -0.05) is 181 Å². The van der Waals surface area contributed by atoms with Crippen LogP contribution in [0.2, 0.25) is 0 Å². The summed E-state index contributed by atoms with van der Waals surface area (Å²) < 4.78 is 22.8. The van der Waals surface area contributed by atoms with Gasteiger partial charge in [0.25, 0.3) is 6.29 Å². The van der Waals surface area contributed by atoms with Gasteiger partial charge in [-0.3, -0.25) is 9.59 Å². The smallest absolute Gasteiger partial charge is 0.361 e. The van der Waals surface area contributed by atoms with Crippen LogP contribution in [0.5, 0.6) is 0 Å². The summed E-state index contributed by atoms with van der Waals surface area (Å²) in [7, 11) is 5.94. The predicted octanol–water partition coefficient (Wildman–Crippen LogP) is 14.8. The maximum absolute atomic E-state index is 12.8. The molecule has 0 heterocycles. The van der Waals surface area contributed by atoms with Crippen molar-refractivity contribution < 1.29 is 42.9 Å². The Morgan fingerprint density at radius 2 is 0.806 bits per heavy atom. The van der Waals surface area contributed by atoms with Crippen molar-refractivity contribution >= 4 is 17.9 Å². The molecule has 0 aliphatic rings. The van der Waals surface area contributed by atoms with Crippen molar-refractivity contribution in [3.05, 3.63) is 109 Å². The molecule has 0 saturated heterocycles. The van der Waals surface area contributed by atoms with E-state index in [1.807, 2.05) is 21.1 Å².